The van der Waals surface area contributed by atoms with Crippen LogP contribution in [0.5, 0.6) is 0 Å². The van der Waals surface area contributed by atoms with Gasteiger partial charge in [0.1, 0.15) is 0 Å². The summed E-state index contributed by atoms with van der Waals surface area (Å²) in [5.74, 6) is 0. The molecule has 0 amide bonds. The summed E-state index contributed by atoms with van der Waals surface area (Å²) in [6, 6.07) is 8.59. The number of benzene rings is 2. The molecule has 0 aromatic heterocycles. The first-order chi connectivity index (χ1) is 11.7. The van der Waals surface area contributed by atoms with Crippen molar-refractivity contribution in [3.63, 3.8) is 0 Å². The summed E-state index contributed by atoms with van der Waals surface area (Å²) < 4.78 is 0. The summed E-state index contributed by atoms with van der Waals surface area (Å²) in [6.07, 6.45) is 2.52. The number of hydrogen-bond donors (Lipinski definition) is 1. The molecule has 3 aliphatic rings. The summed E-state index contributed by atoms with van der Waals surface area (Å²) in [4.78, 5) is 7.08. The Morgan fingerprint density at radius 2 is 1.21 bits per heavy atom. The molecule has 3 aliphatic heterocycles. The molecule has 2 fully saturated rings. The highest BCUT2D eigenvalue weighted by Gasteiger charge is 2.25. The maximum absolute atomic E-state index is 6.55. The van der Waals surface area contributed by atoms with Gasteiger partial charge in [0.15, 0.2) is 0 Å². The van der Waals surface area contributed by atoms with Crippen LogP contribution in [-0.2, 0) is 0 Å². The van der Waals surface area contributed by atoms with Gasteiger partial charge < -0.3 is 15.1 Å². The van der Waals surface area contributed by atoms with Crippen LogP contribution in [0.15, 0.2) is 34.1 Å². The van der Waals surface area contributed by atoms with E-state index in [0.29, 0.717) is 0 Å². The van der Waals surface area contributed by atoms with E-state index in [-0.39, 0.29) is 0 Å². The minimum Gasteiger partial charge on any atom is -0.371 e. The minimum atomic E-state index is 0.760. The third-order valence-corrected chi connectivity index (χ3v) is 6.67. The topological polar surface area (TPSA) is 18.5 Å². The fourth-order valence-corrected chi connectivity index (χ4v) is 5.05. The molecule has 24 heavy (non-hydrogen) atoms. The second-order valence-corrected chi connectivity index (χ2v) is 8.41. The molecule has 2 aromatic carbocycles. The molecular weight excluding hydrogens is 361 g/mol. The Labute approximate surface area is 155 Å². The van der Waals surface area contributed by atoms with E-state index in [9.17, 15) is 0 Å². The number of hydrogen-bond acceptors (Lipinski definition) is 4. The Morgan fingerprint density at radius 1 is 0.750 bits per heavy atom. The van der Waals surface area contributed by atoms with Crippen molar-refractivity contribution in [2.24, 2.45) is 0 Å². The molecule has 124 valence electrons. The van der Waals surface area contributed by atoms with E-state index in [1.165, 1.54) is 34.0 Å². The fraction of sp³-hybridized carbons (Fsp3) is 0.333. The Balaban J connectivity index is 1.55. The summed E-state index contributed by atoms with van der Waals surface area (Å²) >= 11 is 14.9. The van der Waals surface area contributed by atoms with Crippen molar-refractivity contribution in [1.29, 1.82) is 0 Å². The third kappa shape index (κ3) is 2.35. The van der Waals surface area contributed by atoms with E-state index in [4.69, 9.17) is 23.2 Å². The molecule has 2 saturated heterocycles. The van der Waals surface area contributed by atoms with Crippen molar-refractivity contribution < 1.29 is 0 Å². The van der Waals surface area contributed by atoms with Crippen LogP contribution < -0.4 is 15.1 Å². The van der Waals surface area contributed by atoms with Gasteiger partial charge in [-0.25, -0.2) is 0 Å². The molecule has 0 spiro atoms. The van der Waals surface area contributed by atoms with E-state index in [1.54, 1.807) is 11.8 Å². The number of halogens is 2. The normalized spacial score (nSPS) is 18.2. The number of rotatable bonds is 2. The maximum Gasteiger partial charge on any atom is 0.0717 e. The highest BCUT2D eigenvalue weighted by Crippen LogP contribution is 2.52. The number of nitrogens with one attached hydrogen (secondary N) is 1. The van der Waals surface area contributed by atoms with Crippen LogP contribution in [0.3, 0.4) is 0 Å². The van der Waals surface area contributed by atoms with E-state index in [1.807, 2.05) is 0 Å². The van der Waals surface area contributed by atoms with Crippen LogP contribution in [0.25, 0.3) is 0 Å². The van der Waals surface area contributed by atoms with Crippen LogP contribution in [0.4, 0.5) is 22.7 Å². The van der Waals surface area contributed by atoms with Crippen molar-refractivity contribution in [3.8, 4) is 0 Å². The lowest BCUT2D eigenvalue weighted by Gasteiger charge is -2.35. The first kappa shape index (κ1) is 15.1. The number of nitrogens with zero attached hydrogens (tertiary/aromatic N) is 2. The predicted octanol–water partition coefficient (Wildman–Crippen LogP) is 5.62. The zero-order chi connectivity index (χ0) is 16.3. The molecule has 3 nitrogen and oxygen atoms in total. The van der Waals surface area contributed by atoms with Crippen LogP contribution in [-0.4, -0.2) is 26.2 Å². The largest absolute Gasteiger partial charge is 0.371 e. The van der Waals surface area contributed by atoms with E-state index >= 15 is 0 Å². The average molecular weight is 378 g/mol. The molecule has 0 saturated carbocycles. The summed E-state index contributed by atoms with van der Waals surface area (Å²) in [5, 5.41) is 4.98. The van der Waals surface area contributed by atoms with Crippen LogP contribution >= 0.6 is 35.0 Å². The summed E-state index contributed by atoms with van der Waals surface area (Å²) in [6.45, 7) is 4.48. The molecule has 0 radical (unpaired) electrons. The van der Waals surface area contributed by atoms with Gasteiger partial charge in [0.25, 0.3) is 0 Å². The van der Waals surface area contributed by atoms with Gasteiger partial charge in [-0.05, 0) is 37.1 Å². The van der Waals surface area contributed by atoms with E-state index in [0.717, 1.165) is 47.6 Å². The molecule has 0 bridgehead atoms. The smallest absolute Gasteiger partial charge is 0.0717 e. The molecule has 2 aromatic rings. The first-order valence-electron chi connectivity index (χ1n) is 8.31. The lowest BCUT2D eigenvalue weighted by Crippen LogP contribution is -2.37. The Morgan fingerprint density at radius 3 is 1.58 bits per heavy atom. The lowest BCUT2D eigenvalue weighted by atomic mass is 10.1. The SMILES string of the molecule is Clc1cc(N2CCC2)cc2c1Nc1c(Cl)cc(N3CCC3)cc1S2. The van der Waals surface area contributed by atoms with Crippen LogP contribution in [0.1, 0.15) is 12.8 Å². The van der Waals surface area contributed by atoms with Gasteiger partial charge in [-0.1, -0.05) is 35.0 Å². The lowest BCUT2D eigenvalue weighted by molar-refractivity contribution is 0.617. The Hall–Kier alpha value is -1.23. The third-order valence-electron chi connectivity index (χ3n) is 4.99. The van der Waals surface area contributed by atoms with Crippen LogP contribution in [0.2, 0.25) is 10.0 Å². The molecule has 0 aliphatic carbocycles. The van der Waals surface area contributed by atoms with Crippen molar-refractivity contribution in [2.75, 3.05) is 41.3 Å². The van der Waals surface area contributed by atoms with Gasteiger partial charge in [-0.3, -0.25) is 0 Å². The monoisotopic (exact) mass is 377 g/mol. The number of anilines is 4. The summed E-state index contributed by atoms with van der Waals surface area (Å²) in [7, 11) is 0. The summed E-state index contributed by atoms with van der Waals surface area (Å²) in [5.41, 5.74) is 4.37. The Kier molecular flexibility index (Phi) is 3.55. The fourth-order valence-electron chi connectivity index (χ4n) is 3.30. The predicted molar refractivity (Wildman–Crippen MR) is 104 cm³/mol. The molecule has 1 N–H and O–H groups in total. The molecule has 5 rings (SSSR count). The van der Waals surface area contributed by atoms with Crippen LogP contribution in [0, 0.1) is 0 Å². The van der Waals surface area contributed by atoms with Gasteiger partial charge in [0.2, 0.25) is 0 Å². The highest BCUT2D eigenvalue weighted by atomic mass is 35.5. The quantitative estimate of drug-likeness (QED) is 0.623. The molecule has 3 heterocycles. The van der Waals surface area contributed by atoms with Crippen molar-refractivity contribution >= 4 is 57.7 Å². The zero-order valence-corrected chi connectivity index (χ0v) is 15.4. The number of fused-ring (bicyclic) bond motifs is 2. The van der Waals surface area contributed by atoms with Crippen molar-refractivity contribution in [3.05, 3.63) is 34.3 Å². The second kappa shape index (κ2) is 5.65. The highest BCUT2D eigenvalue weighted by molar-refractivity contribution is 7.99. The van der Waals surface area contributed by atoms with Gasteiger partial charge in [0, 0.05) is 47.3 Å². The standard InChI is InChI=1S/C18H17Cl2N3S/c19-13-7-11(22-3-1-4-22)9-15-17(13)21-18-14(20)8-12(10-16(18)24-15)23-5-2-6-23/h7-10,21H,1-6H2. The minimum absolute atomic E-state index is 0.760. The van der Waals surface area contributed by atoms with Gasteiger partial charge >= 0.3 is 0 Å². The Bertz CT molecular complexity index is 764. The van der Waals surface area contributed by atoms with Gasteiger partial charge in [-0.2, -0.15) is 0 Å². The van der Waals surface area contributed by atoms with Crippen molar-refractivity contribution in [1.82, 2.24) is 0 Å². The molecule has 0 unspecified atom stereocenters. The van der Waals surface area contributed by atoms with Gasteiger partial charge in [0.05, 0.1) is 21.4 Å². The zero-order valence-electron chi connectivity index (χ0n) is 13.1. The van der Waals surface area contributed by atoms with E-state index < -0.39 is 0 Å². The second-order valence-electron chi connectivity index (χ2n) is 6.51. The maximum atomic E-state index is 6.55. The molecule has 0 atom stereocenters. The van der Waals surface area contributed by atoms with E-state index in [2.05, 4.69) is 39.4 Å². The molecule has 6 heteroatoms. The first-order valence-corrected chi connectivity index (χ1v) is 9.88. The van der Waals surface area contributed by atoms with Gasteiger partial charge in [-0.15, -0.1) is 0 Å². The molecular formula is C18H17Cl2N3S. The average Bonchev–Trinajstić information content (AvgIpc) is 2.42. The van der Waals surface area contributed by atoms with Crippen molar-refractivity contribution in [2.45, 2.75) is 22.6 Å².